The molecule has 26 heavy (non-hydrogen) atoms. The fourth-order valence-electron chi connectivity index (χ4n) is 2.22. The molecule has 0 bridgehead atoms. The van der Waals surface area contributed by atoms with Gasteiger partial charge in [-0.05, 0) is 55.5 Å². The zero-order valence-electron chi connectivity index (χ0n) is 13.9. The lowest BCUT2D eigenvalue weighted by Gasteiger charge is -2.03. The Labute approximate surface area is 154 Å². The molecule has 0 fully saturated rings. The van der Waals surface area contributed by atoms with Crippen LogP contribution in [0.5, 0.6) is 5.75 Å². The average molecular weight is 371 g/mol. The Morgan fingerprint density at radius 2 is 1.77 bits per heavy atom. The van der Waals surface area contributed by atoms with E-state index in [4.69, 9.17) is 20.9 Å². The summed E-state index contributed by atoms with van der Waals surface area (Å²) in [6.07, 6.45) is 0.363. The number of hydrogen-bond acceptors (Lipinski definition) is 6. The maximum Gasteiger partial charge on any atom is 0.311 e. The molecule has 0 aliphatic rings. The Kier molecular flexibility index (Phi) is 5.43. The first-order valence-electron chi connectivity index (χ1n) is 7.91. The average Bonchev–Trinajstić information content (AvgIpc) is 3.10. The van der Waals surface area contributed by atoms with Crippen LogP contribution >= 0.6 is 11.6 Å². The number of esters is 1. The standard InChI is InChI=1S/C19H15ClN2O4/c1-12(23)13-4-8-16(9-5-13)25-18(24)11-10-17-21-19(22-26-17)14-2-6-15(20)7-3-14/h2-9H,10-11H2,1H3. The van der Waals surface area contributed by atoms with Crippen LogP contribution in [0.2, 0.25) is 5.02 Å². The molecule has 0 unspecified atom stereocenters. The number of carbonyl (C=O) groups is 2. The van der Waals surface area contributed by atoms with Crippen molar-refractivity contribution in [2.75, 3.05) is 0 Å². The number of Topliss-reactive ketones (excluding diaryl/α,β-unsaturated/α-hetero) is 1. The molecular weight excluding hydrogens is 356 g/mol. The topological polar surface area (TPSA) is 82.3 Å². The van der Waals surface area contributed by atoms with Crippen molar-refractivity contribution in [3.63, 3.8) is 0 Å². The highest BCUT2D eigenvalue weighted by Gasteiger charge is 2.12. The van der Waals surface area contributed by atoms with Gasteiger partial charge in [0.2, 0.25) is 11.7 Å². The van der Waals surface area contributed by atoms with Gasteiger partial charge in [-0.2, -0.15) is 4.98 Å². The van der Waals surface area contributed by atoms with Gasteiger partial charge in [0.15, 0.2) is 5.78 Å². The monoisotopic (exact) mass is 370 g/mol. The molecule has 7 heteroatoms. The van der Waals surface area contributed by atoms with Gasteiger partial charge in [0, 0.05) is 22.6 Å². The molecule has 132 valence electrons. The summed E-state index contributed by atoms with van der Waals surface area (Å²) in [5, 5.41) is 4.51. The van der Waals surface area contributed by atoms with Gasteiger partial charge in [-0.3, -0.25) is 9.59 Å². The van der Waals surface area contributed by atoms with E-state index in [1.807, 2.05) is 0 Å². The third kappa shape index (κ3) is 4.55. The van der Waals surface area contributed by atoms with Crippen molar-refractivity contribution >= 4 is 23.4 Å². The largest absolute Gasteiger partial charge is 0.427 e. The number of aryl methyl sites for hydroxylation is 1. The highest BCUT2D eigenvalue weighted by Crippen LogP contribution is 2.19. The summed E-state index contributed by atoms with van der Waals surface area (Å²) in [6, 6.07) is 13.4. The van der Waals surface area contributed by atoms with Crippen LogP contribution in [-0.4, -0.2) is 21.9 Å². The third-order valence-corrected chi connectivity index (χ3v) is 3.86. The summed E-state index contributed by atoms with van der Waals surface area (Å²) < 4.78 is 10.4. The molecule has 3 aromatic rings. The summed E-state index contributed by atoms with van der Waals surface area (Å²) in [5.74, 6) is 0.693. The van der Waals surface area contributed by atoms with E-state index in [2.05, 4.69) is 10.1 Å². The number of aromatic nitrogens is 2. The molecule has 0 aliphatic heterocycles. The number of ether oxygens (including phenoxy) is 1. The molecule has 2 aromatic carbocycles. The lowest BCUT2D eigenvalue weighted by molar-refractivity contribution is -0.134. The molecule has 1 aromatic heterocycles. The first-order chi connectivity index (χ1) is 12.5. The Balaban J connectivity index is 1.54. The van der Waals surface area contributed by atoms with Crippen LogP contribution < -0.4 is 4.74 Å². The number of rotatable bonds is 6. The first-order valence-corrected chi connectivity index (χ1v) is 8.29. The van der Waals surface area contributed by atoms with Gasteiger partial charge in [0.25, 0.3) is 0 Å². The highest BCUT2D eigenvalue weighted by molar-refractivity contribution is 6.30. The second-order valence-electron chi connectivity index (χ2n) is 5.57. The van der Waals surface area contributed by atoms with Crippen molar-refractivity contribution in [1.82, 2.24) is 10.1 Å². The normalized spacial score (nSPS) is 10.5. The predicted molar refractivity (Wildman–Crippen MR) is 95.1 cm³/mol. The molecule has 0 saturated heterocycles. The Hall–Kier alpha value is -2.99. The predicted octanol–water partition coefficient (Wildman–Crippen LogP) is 4.13. The van der Waals surface area contributed by atoms with Crippen LogP contribution in [-0.2, 0) is 11.2 Å². The fourth-order valence-corrected chi connectivity index (χ4v) is 2.35. The van der Waals surface area contributed by atoms with E-state index in [0.29, 0.717) is 28.1 Å². The molecule has 0 N–H and O–H groups in total. The maximum atomic E-state index is 11.9. The van der Waals surface area contributed by atoms with Crippen LogP contribution in [0.4, 0.5) is 0 Å². The van der Waals surface area contributed by atoms with Crippen LogP contribution in [0.1, 0.15) is 29.6 Å². The van der Waals surface area contributed by atoms with Crippen LogP contribution in [0.15, 0.2) is 53.1 Å². The molecule has 0 aliphatic carbocycles. The smallest absolute Gasteiger partial charge is 0.311 e. The first kappa shape index (κ1) is 17.8. The Morgan fingerprint density at radius 1 is 1.08 bits per heavy atom. The summed E-state index contributed by atoms with van der Waals surface area (Å²) in [5.41, 5.74) is 1.34. The molecule has 0 saturated carbocycles. The number of benzene rings is 2. The molecule has 0 atom stereocenters. The lowest BCUT2D eigenvalue weighted by Crippen LogP contribution is -2.09. The van der Waals surface area contributed by atoms with Gasteiger partial charge in [-0.15, -0.1) is 0 Å². The van der Waals surface area contributed by atoms with Crippen molar-refractivity contribution in [2.24, 2.45) is 0 Å². The van der Waals surface area contributed by atoms with E-state index in [-0.39, 0.29) is 18.6 Å². The van der Waals surface area contributed by atoms with Gasteiger partial charge in [0.05, 0.1) is 6.42 Å². The fraction of sp³-hybridized carbons (Fsp3) is 0.158. The minimum Gasteiger partial charge on any atom is -0.427 e. The third-order valence-electron chi connectivity index (χ3n) is 3.61. The number of ketones is 1. The van der Waals surface area contributed by atoms with Crippen LogP contribution in [0, 0.1) is 0 Å². The maximum absolute atomic E-state index is 11.9. The van der Waals surface area contributed by atoms with E-state index >= 15 is 0 Å². The van der Waals surface area contributed by atoms with Crippen LogP contribution in [0.3, 0.4) is 0 Å². The lowest BCUT2D eigenvalue weighted by atomic mass is 10.1. The van der Waals surface area contributed by atoms with Crippen molar-refractivity contribution in [2.45, 2.75) is 19.8 Å². The molecule has 0 spiro atoms. The van der Waals surface area contributed by atoms with Crippen molar-refractivity contribution in [1.29, 1.82) is 0 Å². The van der Waals surface area contributed by atoms with Gasteiger partial charge < -0.3 is 9.26 Å². The zero-order valence-corrected chi connectivity index (χ0v) is 14.7. The van der Waals surface area contributed by atoms with E-state index in [1.54, 1.807) is 48.5 Å². The van der Waals surface area contributed by atoms with Gasteiger partial charge in [-0.1, -0.05) is 16.8 Å². The second kappa shape index (κ2) is 7.93. The number of carbonyl (C=O) groups excluding carboxylic acids is 2. The van der Waals surface area contributed by atoms with Crippen molar-refractivity contribution < 1.29 is 18.8 Å². The molecule has 6 nitrogen and oxygen atoms in total. The summed E-state index contributed by atoms with van der Waals surface area (Å²) in [7, 11) is 0. The molecular formula is C19H15ClN2O4. The van der Waals surface area contributed by atoms with E-state index < -0.39 is 5.97 Å². The highest BCUT2D eigenvalue weighted by atomic mass is 35.5. The summed E-state index contributed by atoms with van der Waals surface area (Å²) in [4.78, 5) is 27.4. The van der Waals surface area contributed by atoms with E-state index in [1.165, 1.54) is 6.92 Å². The molecule has 0 radical (unpaired) electrons. The molecule has 1 heterocycles. The van der Waals surface area contributed by atoms with Gasteiger partial charge in [-0.25, -0.2) is 0 Å². The Morgan fingerprint density at radius 3 is 2.42 bits per heavy atom. The van der Waals surface area contributed by atoms with Crippen molar-refractivity contribution in [3.05, 3.63) is 65.0 Å². The van der Waals surface area contributed by atoms with E-state index in [9.17, 15) is 9.59 Å². The second-order valence-corrected chi connectivity index (χ2v) is 6.01. The summed E-state index contributed by atoms with van der Waals surface area (Å²) >= 11 is 5.85. The minimum atomic E-state index is -0.424. The Bertz CT molecular complexity index is 917. The summed E-state index contributed by atoms with van der Waals surface area (Å²) in [6.45, 7) is 1.48. The number of hydrogen-bond donors (Lipinski definition) is 0. The van der Waals surface area contributed by atoms with Crippen molar-refractivity contribution in [3.8, 4) is 17.1 Å². The number of nitrogens with zero attached hydrogens (tertiary/aromatic N) is 2. The van der Waals surface area contributed by atoms with Gasteiger partial charge in [0.1, 0.15) is 5.75 Å². The zero-order chi connectivity index (χ0) is 18.5. The molecule has 3 rings (SSSR count). The molecule has 0 amide bonds. The number of halogens is 1. The minimum absolute atomic E-state index is 0.0456. The quantitative estimate of drug-likeness (QED) is 0.368. The SMILES string of the molecule is CC(=O)c1ccc(OC(=O)CCc2nc(-c3ccc(Cl)cc3)no2)cc1. The van der Waals surface area contributed by atoms with Crippen LogP contribution in [0.25, 0.3) is 11.4 Å². The van der Waals surface area contributed by atoms with E-state index in [0.717, 1.165) is 5.56 Å². The van der Waals surface area contributed by atoms with Gasteiger partial charge >= 0.3 is 5.97 Å².